The topological polar surface area (TPSA) is 30.9 Å². The van der Waals surface area contributed by atoms with Gasteiger partial charge in [0.1, 0.15) is 5.82 Å². The Labute approximate surface area is 83.3 Å². The Balaban J connectivity index is 2.54. The summed E-state index contributed by atoms with van der Waals surface area (Å²) in [5.41, 5.74) is 10.2. The Hall–Kier alpha value is -1.44. The zero-order valence-corrected chi connectivity index (χ0v) is 8.38. The number of nitrogen functional groups attached to an aromatic ring is 1. The monoisotopic (exact) mass is 186 g/mol. The summed E-state index contributed by atoms with van der Waals surface area (Å²) in [5.74, 6) is 0.951. The molecule has 14 heavy (non-hydrogen) atoms. The van der Waals surface area contributed by atoms with E-state index in [9.17, 15) is 0 Å². The van der Waals surface area contributed by atoms with E-state index in [1.807, 2.05) is 0 Å². The van der Waals surface area contributed by atoms with Crippen LogP contribution in [0.15, 0.2) is 18.2 Å². The third kappa shape index (κ3) is 0.808. The number of para-hydroxylation sites is 1. The SMILES string of the molecule is Cc1c(N)n2c3c(cccc13)CCC2. The lowest BCUT2D eigenvalue weighted by Crippen LogP contribution is -2.09. The predicted molar refractivity (Wildman–Crippen MR) is 59.4 cm³/mol. The minimum Gasteiger partial charge on any atom is -0.385 e. The van der Waals surface area contributed by atoms with E-state index in [4.69, 9.17) is 5.73 Å². The van der Waals surface area contributed by atoms with Crippen LogP contribution in [0.3, 0.4) is 0 Å². The molecule has 3 rings (SSSR count). The van der Waals surface area contributed by atoms with Gasteiger partial charge in [0, 0.05) is 11.9 Å². The lowest BCUT2D eigenvalue weighted by atomic mass is 10.0. The maximum Gasteiger partial charge on any atom is 0.107 e. The first kappa shape index (κ1) is 7.92. The van der Waals surface area contributed by atoms with Crippen LogP contribution in [-0.4, -0.2) is 4.57 Å². The number of rotatable bonds is 0. The van der Waals surface area contributed by atoms with E-state index in [1.165, 1.54) is 34.9 Å². The summed E-state index contributed by atoms with van der Waals surface area (Å²) >= 11 is 0. The molecule has 0 fully saturated rings. The quantitative estimate of drug-likeness (QED) is 0.673. The summed E-state index contributed by atoms with van der Waals surface area (Å²) in [4.78, 5) is 0. The minimum atomic E-state index is 0.951. The fraction of sp³-hybridized carbons (Fsp3) is 0.333. The van der Waals surface area contributed by atoms with E-state index in [-0.39, 0.29) is 0 Å². The molecule has 1 aliphatic heterocycles. The molecule has 0 atom stereocenters. The van der Waals surface area contributed by atoms with Crippen LogP contribution < -0.4 is 5.73 Å². The lowest BCUT2D eigenvalue weighted by Gasteiger charge is -2.16. The highest BCUT2D eigenvalue weighted by Crippen LogP contribution is 2.33. The molecule has 1 aliphatic rings. The first-order valence-corrected chi connectivity index (χ1v) is 5.15. The predicted octanol–water partition coefficient (Wildman–Crippen LogP) is 2.48. The second kappa shape index (κ2) is 2.53. The summed E-state index contributed by atoms with van der Waals surface area (Å²) in [7, 11) is 0. The van der Waals surface area contributed by atoms with Crippen LogP contribution >= 0.6 is 0 Å². The molecular formula is C12H14N2. The lowest BCUT2D eigenvalue weighted by molar-refractivity contribution is 0.642. The molecule has 72 valence electrons. The van der Waals surface area contributed by atoms with Crippen LogP contribution in [0.5, 0.6) is 0 Å². The van der Waals surface area contributed by atoms with Crippen molar-refractivity contribution in [2.75, 3.05) is 5.73 Å². The van der Waals surface area contributed by atoms with Crippen molar-refractivity contribution in [3.8, 4) is 0 Å². The Morgan fingerprint density at radius 1 is 1.36 bits per heavy atom. The van der Waals surface area contributed by atoms with Gasteiger partial charge in [-0.2, -0.15) is 0 Å². The van der Waals surface area contributed by atoms with Crippen LogP contribution in [0.2, 0.25) is 0 Å². The van der Waals surface area contributed by atoms with Crippen LogP contribution in [0.4, 0.5) is 5.82 Å². The number of hydrogen-bond acceptors (Lipinski definition) is 1. The highest BCUT2D eigenvalue weighted by Gasteiger charge is 2.17. The Bertz CT molecular complexity index is 509. The number of anilines is 1. The Morgan fingerprint density at radius 3 is 3.07 bits per heavy atom. The number of hydrogen-bond donors (Lipinski definition) is 1. The number of aromatic nitrogens is 1. The van der Waals surface area contributed by atoms with Crippen LogP contribution in [0, 0.1) is 6.92 Å². The fourth-order valence-corrected chi connectivity index (χ4v) is 2.54. The number of nitrogens with two attached hydrogens (primary N) is 1. The molecule has 0 spiro atoms. The van der Waals surface area contributed by atoms with E-state index in [1.54, 1.807) is 0 Å². The van der Waals surface area contributed by atoms with Gasteiger partial charge >= 0.3 is 0 Å². The summed E-state index contributed by atoms with van der Waals surface area (Å²) in [6, 6.07) is 6.53. The first-order valence-electron chi connectivity index (χ1n) is 5.15. The number of nitrogens with zero attached hydrogens (tertiary/aromatic N) is 1. The minimum absolute atomic E-state index is 0.951. The summed E-state index contributed by atoms with van der Waals surface area (Å²) in [6.45, 7) is 3.19. The normalized spacial score (nSPS) is 14.9. The maximum absolute atomic E-state index is 6.09. The molecule has 0 aliphatic carbocycles. The van der Waals surface area contributed by atoms with Gasteiger partial charge in [0.25, 0.3) is 0 Å². The molecule has 0 unspecified atom stereocenters. The standard InChI is InChI=1S/C12H14N2/c1-8-10-6-2-4-9-5-3-7-14(11(9)10)12(8)13/h2,4,6H,3,5,7,13H2,1H3. The van der Waals surface area contributed by atoms with Gasteiger partial charge in [0.15, 0.2) is 0 Å². The van der Waals surface area contributed by atoms with Crippen molar-refractivity contribution in [2.45, 2.75) is 26.3 Å². The van der Waals surface area contributed by atoms with E-state index < -0.39 is 0 Å². The van der Waals surface area contributed by atoms with Crippen molar-refractivity contribution < 1.29 is 0 Å². The second-order valence-electron chi connectivity index (χ2n) is 4.08. The van der Waals surface area contributed by atoms with E-state index in [0.29, 0.717) is 0 Å². The van der Waals surface area contributed by atoms with Crippen molar-refractivity contribution in [2.24, 2.45) is 0 Å². The van der Waals surface area contributed by atoms with Crippen LogP contribution in [0.25, 0.3) is 10.9 Å². The highest BCUT2D eigenvalue weighted by atomic mass is 15.1. The van der Waals surface area contributed by atoms with Gasteiger partial charge < -0.3 is 10.3 Å². The molecule has 2 aromatic rings. The molecule has 2 heterocycles. The van der Waals surface area contributed by atoms with E-state index in [0.717, 1.165) is 12.4 Å². The van der Waals surface area contributed by atoms with Gasteiger partial charge in [-0.05, 0) is 30.9 Å². The zero-order chi connectivity index (χ0) is 9.71. The van der Waals surface area contributed by atoms with Crippen LogP contribution in [-0.2, 0) is 13.0 Å². The first-order chi connectivity index (χ1) is 6.79. The molecule has 1 aromatic heterocycles. The van der Waals surface area contributed by atoms with Gasteiger partial charge in [0.05, 0.1) is 5.52 Å². The Kier molecular flexibility index (Phi) is 1.43. The van der Waals surface area contributed by atoms with Crippen molar-refractivity contribution in [1.82, 2.24) is 4.57 Å². The highest BCUT2D eigenvalue weighted by molar-refractivity contribution is 5.91. The average molecular weight is 186 g/mol. The molecule has 0 radical (unpaired) electrons. The summed E-state index contributed by atoms with van der Waals surface area (Å²) in [6.07, 6.45) is 2.41. The van der Waals surface area contributed by atoms with Gasteiger partial charge in [-0.3, -0.25) is 0 Å². The van der Waals surface area contributed by atoms with E-state index >= 15 is 0 Å². The van der Waals surface area contributed by atoms with E-state index in [2.05, 4.69) is 29.7 Å². The van der Waals surface area contributed by atoms with Crippen molar-refractivity contribution in [3.63, 3.8) is 0 Å². The smallest absolute Gasteiger partial charge is 0.107 e. The van der Waals surface area contributed by atoms with Gasteiger partial charge in [-0.25, -0.2) is 0 Å². The fourth-order valence-electron chi connectivity index (χ4n) is 2.54. The van der Waals surface area contributed by atoms with Gasteiger partial charge in [-0.15, -0.1) is 0 Å². The molecule has 2 nitrogen and oxygen atoms in total. The maximum atomic E-state index is 6.09. The van der Waals surface area contributed by atoms with Crippen molar-refractivity contribution in [3.05, 3.63) is 29.3 Å². The molecule has 0 amide bonds. The second-order valence-corrected chi connectivity index (χ2v) is 4.08. The third-order valence-corrected chi connectivity index (χ3v) is 3.30. The number of benzene rings is 1. The largest absolute Gasteiger partial charge is 0.385 e. The Morgan fingerprint density at radius 2 is 2.21 bits per heavy atom. The average Bonchev–Trinajstić information content (AvgIpc) is 2.47. The zero-order valence-electron chi connectivity index (χ0n) is 8.38. The molecule has 2 N–H and O–H groups in total. The third-order valence-electron chi connectivity index (χ3n) is 3.30. The van der Waals surface area contributed by atoms with Gasteiger partial charge in [0.2, 0.25) is 0 Å². The summed E-state index contributed by atoms with van der Waals surface area (Å²) < 4.78 is 2.27. The van der Waals surface area contributed by atoms with Crippen molar-refractivity contribution in [1.29, 1.82) is 0 Å². The molecular weight excluding hydrogens is 172 g/mol. The molecule has 0 bridgehead atoms. The van der Waals surface area contributed by atoms with Crippen molar-refractivity contribution >= 4 is 16.7 Å². The molecule has 0 saturated heterocycles. The molecule has 2 heteroatoms. The van der Waals surface area contributed by atoms with Gasteiger partial charge in [-0.1, -0.05) is 18.2 Å². The molecule has 1 aromatic carbocycles. The number of aryl methyl sites for hydroxylation is 3. The summed E-state index contributed by atoms with van der Waals surface area (Å²) in [5, 5.41) is 1.33. The molecule has 0 saturated carbocycles. The van der Waals surface area contributed by atoms with Crippen LogP contribution in [0.1, 0.15) is 17.5 Å².